The van der Waals surface area contributed by atoms with E-state index in [2.05, 4.69) is 28.8 Å². The van der Waals surface area contributed by atoms with Crippen LogP contribution in [0.1, 0.15) is 46.0 Å². The van der Waals surface area contributed by atoms with Crippen LogP contribution in [-0.2, 0) is 4.79 Å². The molecule has 0 aromatic heterocycles. The van der Waals surface area contributed by atoms with Crippen molar-refractivity contribution >= 4 is 11.9 Å². The lowest BCUT2D eigenvalue weighted by Crippen LogP contribution is -2.47. The maximum atomic E-state index is 12.1. The zero-order chi connectivity index (χ0) is 15.0. The van der Waals surface area contributed by atoms with Gasteiger partial charge in [0.1, 0.15) is 0 Å². The quantitative estimate of drug-likeness (QED) is 0.351. The molecule has 1 atom stereocenters. The SMILES string of the molecule is C=CC(C)C(=C)C(=O)NC(=NCC)NC1CCCCC1. The Labute approximate surface area is 122 Å². The summed E-state index contributed by atoms with van der Waals surface area (Å²) in [4.78, 5) is 16.4. The van der Waals surface area contributed by atoms with Crippen LogP contribution in [0.25, 0.3) is 0 Å². The summed E-state index contributed by atoms with van der Waals surface area (Å²) in [5, 5.41) is 6.18. The normalized spacial score (nSPS) is 18.2. The average molecular weight is 277 g/mol. The number of carbonyl (C=O) groups is 1. The molecule has 112 valence electrons. The van der Waals surface area contributed by atoms with E-state index in [1.165, 1.54) is 19.3 Å². The van der Waals surface area contributed by atoms with Gasteiger partial charge in [-0.3, -0.25) is 15.1 Å². The monoisotopic (exact) mass is 277 g/mol. The zero-order valence-corrected chi connectivity index (χ0v) is 12.7. The summed E-state index contributed by atoms with van der Waals surface area (Å²) < 4.78 is 0. The fraction of sp³-hybridized carbons (Fsp3) is 0.625. The Bertz CT molecular complexity index is 381. The van der Waals surface area contributed by atoms with E-state index in [0.29, 0.717) is 24.1 Å². The van der Waals surface area contributed by atoms with E-state index in [9.17, 15) is 4.79 Å². The molecule has 1 aliphatic carbocycles. The van der Waals surface area contributed by atoms with Crippen LogP contribution >= 0.6 is 0 Å². The molecule has 0 radical (unpaired) electrons. The van der Waals surface area contributed by atoms with Gasteiger partial charge in [0.2, 0.25) is 0 Å². The van der Waals surface area contributed by atoms with Gasteiger partial charge in [0.25, 0.3) is 5.91 Å². The first kappa shape index (κ1) is 16.5. The highest BCUT2D eigenvalue weighted by Crippen LogP contribution is 2.17. The molecule has 20 heavy (non-hydrogen) atoms. The summed E-state index contributed by atoms with van der Waals surface area (Å²) in [5.41, 5.74) is 0.509. The van der Waals surface area contributed by atoms with Crippen molar-refractivity contribution < 1.29 is 4.79 Å². The average Bonchev–Trinajstić information content (AvgIpc) is 2.46. The van der Waals surface area contributed by atoms with E-state index < -0.39 is 0 Å². The fourth-order valence-electron chi connectivity index (χ4n) is 2.26. The first-order valence-electron chi connectivity index (χ1n) is 7.52. The summed E-state index contributed by atoms with van der Waals surface area (Å²) in [7, 11) is 0. The molecular weight excluding hydrogens is 250 g/mol. The summed E-state index contributed by atoms with van der Waals surface area (Å²) in [5.74, 6) is 0.349. The molecule has 0 spiro atoms. The summed E-state index contributed by atoms with van der Waals surface area (Å²) in [6, 6.07) is 0.416. The lowest BCUT2D eigenvalue weighted by atomic mass is 9.96. The van der Waals surface area contributed by atoms with Gasteiger partial charge in [0.15, 0.2) is 5.96 Å². The molecule has 0 heterocycles. The fourth-order valence-corrected chi connectivity index (χ4v) is 2.26. The van der Waals surface area contributed by atoms with Gasteiger partial charge in [-0.15, -0.1) is 6.58 Å². The van der Waals surface area contributed by atoms with Crippen LogP contribution in [0.3, 0.4) is 0 Å². The first-order chi connectivity index (χ1) is 9.58. The van der Waals surface area contributed by atoms with Crippen molar-refractivity contribution in [2.45, 2.75) is 52.0 Å². The lowest BCUT2D eigenvalue weighted by molar-refractivity contribution is -0.116. The topological polar surface area (TPSA) is 53.5 Å². The Morgan fingerprint density at radius 3 is 2.60 bits per heavy atom. The van der Waals surface area contributed by atoms with Gasteiger partial charge in [-0.1, -0.05) is 38.8 Å². The number of nitrogens with one attached hydrogen (secondary N) is 2. The van der Waals surface area contributed by atoms with E-state index in [1.807, 2.05) is 13.8 Å². The highest BCUT2D eigenvalue weighted by molar-refractivity contribution is 6.05. The molecule has 0 saturated heterocycles. The highest BCUT2D eigenvalue weighted by atomic mass is 16.1. The Morgan fingerprint density at radius 1 is 1.40 bits per heavy atom. The van der Waals surface area contributed by atoms with Crippen LogP contribution in [0.4, 0.5) is 0 Å². The minimum atomic E-state index is -0.187. The van der Waals surface area contributed by atoms with Gasteiger partial charge in [0.05, 0.1) is 0 Å². The molecule has 0 aromatic rings. The van der Waals surface area contributed by atoms with E-state index in [-0.39, 0.29) is 11.8 Å². The molecule has 4 heteroatoms. The predicted octanol–water partition coefficient (Wildman–Crippen LogP) is 2.78. The number of carbonyl (C=O) groups excluding carboxylic acids is 1. The number of allylic oxidation sites excluding steroid dienone is 1. The molecule has 1 fully saturated rings. The summed E-state index contributed by atoms with van der Waals surface area (Å²) in [6.45, 7) is 12.0. The zero-order valence-electron chi connectivity index (χ0n) is 12.7. The number of aliphatic imine (C=N–C) groups is 1. The Balaban J connectivity index is 2.58. The van der Waals surface area contributed by atoms with Crippen LogP contribution in [0.15, 0.2) is 29.8 Å². The largest absolute Gasteiger partial charge is 0.353 e. The van der Waals surface area contributed by atoms with Crippen molar-refractivity contribution in [1.29, 1.82) is 0 Å². The van der Waals surface area contributed by atoms with Crippen LogP contribution in [0.5, 0.6) is 0 Å². The standard InChI is InChI=1S/C16H27N3O/c1-5-12(3)13(4)15(20)19-16(17-6-2)18-14-10-8-7-9-11-14/h5,12,14H,1,4,6-11H2,2-3H3,(H2,17,18,19,20). The lowest BCUT2D eigenvalue weighted by Gasteiger charge is -2.25. The minimum absolute atomic E-state index is 0.0347. The predicted molar refractivity (Wildman–Crippen MR) is 84.6 cm³/mol. The number of hydrogen-bond donors (Lipinski definition) is 2. The van der Waals surface area contributed by atoms with Crippen molar-refractivity contribution in [3.8, 4) is 0 Å². The van der Waals surface area contributed by atoms with E-state index in [0.717, 1.165) is 12.8 Å². The molecule has 0 aliphatic heterocycles. The Kier molecular flexibility index (Phi) is 7.05. The molecule has 2 N–H and O–H groups in total. The molecule has 0 bridgehead atoms. The third-order valence-corrected chi connectivity index (χ3v) is 3.69. The second kappa shape index (κ2) is 8.56. The number of guanidine groups is 1. The van der Waals surface area contributed by atoms with Gasteiger partial charge in [-0.25, -0.2) is 0 Å². The van der Waals surface area contributed by atoms with Crippen molar-refractivity contribution in [1.82, 2.24) is 10.6 Å². The summed E-state index contributed by atoms with van der Waals surface area (Å²) in [6.07, 6.45) is 7.78. The van der Waals surface area contributed by atoms with Crippen molar-refractivity contribution in [2.75, 3.05) is 6.54 Å². The Morgan fingerprint density at radius 2 is 2.05 bits per heavy atom. The van der Waals surface area contributed by atoms with Crippen LogP contribution in [-0.4, -0.2) is 24.5 Å². The number of amides is 1. The minimum Gasteiger partial charge on any atom is -0.353 e. The molecule has 4 nitrogen and oxygen atoms in total. The van der Waals surface area contributed by atoms with Crippen LogP contribution < -0.4 is 10.6 Å². The first-order valence-corrected chi connectivity index (χ1v) is 7.52. The molecule has 0 aromatic carbocycles. The molecule has 1 unspecified atom stereocenters. The van der Waals surface area contributed by atoms with E-state index in [1.54, 1.807) is 6.08 Å². The van der Waals surface area contributed by atoms with Crippen molar-refractivity contribution in [3.05, 3.63) is 24.8 Å². The molecular formula is C16H27N3O. The highest BCUT2D eigenvalue weighted by Gasteiger charge is 2.18. The third-order valence-electron chi connectivity index (χ3n) is 3.69. The van der Waals surface area contributed by atoms with Gasteiger partial charge in [-0.05, 0) is 19.8 Å². The molecule has 1 amide bonds. The number of nitrogens with zero attached hydrogens (tertiary/aromatic N) is 1. The van der Waals surface area contributed by atoms with E-state index >= 15 is 0 Å². The number of hydrogen-bond acceptors (Lipinski definition) is 2. The smallest absolute Gasteiger partial charge is 0.253 e. The second-order valence-electron chi connectivity index (χ2n) is 5.31. The van der Waals surface area contributed by atoms with Gasteiger partial charge in [-0.2, -0.15) is 0 Å². The molecule has 1 saturated carbocycles. The van der Waals surface area contributed by atoms with Crippen LogP contribution in [0.2, 0.25) is 0 Å². The summed E-state index contributed by atoms with van der Waals surface area (Å²) >= 11 is 0. The number of rotatable bonds is 5. The van der Waals surface area contributed by atoms with Crippen molar-refractivity contribution in [3.63, 3.8) is 0 Å². The van der Waals surface area contributed by atoms with Gasteiger partial charge in [0, 0.05) is 24.1 Å². The maximum absolute atomic E-state index is 12.1. The van der Waals surface area contributed by atoms with E-state index in [4.69, 9.17) is 0 Å². The molecule has 1 aliphatic rings. The van der Waals surface area contributed by atoms with Crippen molar-refractivity contribution in [2.24, 2.45) is 10.9 Å². The molecule has 1 rings (SSSR count). The maximum Gasteiger partial charge on any atom is 0.253 e. The Hall–Kier alpha value is -1.58. The van der Waals surface area contributed by atoms with Crippen LogP contribution in [0, 0.1) is 5.92 Å². The third kappa shape index (κ3) is 5.19. The second-order valence-corrected chi connectivity index (χ2v) is 5.31. The van der Waals surface area contributed by atoms with Gasteiger partial charge < -0.3 is 5.32 Å². The van der Waals surface area contributed by atoms with Gasteiger partial charge >= 0.3 is 0 Å².